The van der Waals surface area contributed by atoms with E-state index in [1.807, 2.05) is 0 Å². The van der Waals surface area contributed by atoms with Gasteiger partial charge in [0.2, 0.25) is 0 Å². The average Bonchev–Trinajstić information content (AvgIpc) is 1.97. The largest absolute Gasteiger partial charge is 0.242 e. The molecule has 0 unspecified atom stereocenters. The molecule has 0 saturated heterocycles. The highest BCUT2D eigenvalue weighted by molar-refractivity contribution is 9.10. The molecule has 0 aliphatic heterocycles. The second-order valence-electron chi connectivity index (χ2n) is 2.13. The third-order valence-electron chi connectivity index (χ3n) is 1.38. The highest BCUT2D eigenvalue weighted by Gasteiger charge is 2.10. The molecule has 0 aliphatic carbocycles. The Morgan fingerprint density at radius 2 is 2.17 bits per heavy atom. The third kappa shape index (κ3) is 1.78. The Bertz CT molecular complexity index is 383. The minimum absolute atomic E-state index is 0.0202. The fraction of sp³-hybridized carbons (Fsp3) is 0.167. The quantitative estimate of drug-likeness (QED) is 0.625. The molecule has 6 heteroatoms. The lowest BCUT2D eigenvalue weighted by atomic mass is 10.3. The lowest BCUT2D eigenvalue weighted by molar-refractivity contribution is 0.613. The minimum atomic E-state index is -2.68. The van der Waals surface area contributed by atoms with Crippen LogP contribution in [0.2, 0.25) is 5.15 Å². The summed E-state index contributed by atoms with van der Waals surface area (Å²) in [5.41, 5.74) is 0.589. The van der Waals surface area contributed by atoms with Gasteiger partial charge in [-0.25, -0.2) is 13.4 Å². The van der Waals surface area contributed by atoms with E-state index in [2.05, 4.69) is 20.9 Å². The van der Waals surface area contributed by atoms with Gasteiger partial charge in [-0.3, -0.25) is 0 Å². The molecule has 66 valence electrons. The van der Waals surface area contributed by atoms with Crippen molar-refractivity contribution in [1.29, 1.82) is 0 Å². The number of hydrogen-bond donors (Lipinski definition) is 1. The fourth-order valence-corrected chi connectivity index (χ4v) is 2.21. The van der Waals surface area contributed by atoms with Gasteiger partial charge in [-0.1, -0.05) is 11.6 Å². The van der Waals surface area contributed by atoms with Crippen LogP contribution < -0.4 is 0 Å². The third-order valence-corrected chi connectivity index (χ3v) is 3.51. The maximum Gasteiger partial charge on any atom is 0.171 e. The molecule has 3 nitrogen and oxygen atoms in total. The molecule has 1 heterocycles. The Labute approximate surface area is 84.8 Å². The van der Waals surface area contributed by atoms with E-state index in [0.29, 0.717) is 10.0 Å². The molecule has 0 saturated carbocycles. The highest BCUT2D eigenvalue weighted by Crippen LogP contribution is 2.24. The number of aromatic nitrogens is 1. The number of rotatable bonds is 1. The first-order valence-electron chi connectivity index (χ1n) is 2.99. The molecule has 0 fully saturated rings. The Morgan fingerprint density at radius 1 is 1.58 bits per heavy atom. The molecule has 0 aliphatic rings. The smallest absolute Gasteiger partial charge is 0.171 e. The van der Waals surface area contributed by atoms with E-state index < -0.39 is 10.7 Å². The fourth-order valence-electron chi connectivity index (χ4n) is 0.751. The second-order valence-corrected chi connectivity index (χ2v) is 4.30. The molecule has 0 bridgehead atoms. The van der Waals surface area contributed by atoms with Gasteiger partial charge in [-0.05, 0) is 28.4 Å². The van der Waals surface area contributed by atoms with Gasteiger partial charge < -0.3 is 0 Å². The van der Waals surface area contributed by atoms with Crippen LogP contribution in [0.25, 0.3) is 0 Å². The molecule has 0 N–H and O–H groups in total. The maximum absolute atomic E-state index is 10.7. The first kappa shape index (κ1) is 9.95. The summed E-state index contributed by atoms with van der Waals surface area (Å²) in [6, 6.07) is 0. The van der Waals surface area contributed by atoms with Crippen molar-refractivity contribution in [3.05, 3.63) is 21.4 Å². The van der Waals surface area contributed by atoms with Gasteiger partial charge in [0.25, 0.3) is 0 Å². The first-order chi connectivity index (χ1) is 5.54. The predicted molar refractivity (Wildman–Crippen MR) is 50.3 cm³/mol. The summed E-state index contributed by atoms with van der Waals surface area (Å²) in [6.45, 7) is 1.66. The van der Waals surface area contributed by atoms with Crippen molar-refractivity contribution in [2.45, 2.75) is 11.8 Å². The van der Waals surface area contributed by atoms with Crippen LogP contribution in [0.3, 0.4) is 0 Å². The van der Waals surface area contributed by atoms with E-state index in [0.717, 1.165) is 0 Å². The Hall–Kier alpha value is -0.130. The zero-order valence-electron chi connectivity index (χ0n) is 6.04. The van der Waals surface area contributed by atoms with Gasteiger partial charge in [0.1, 0.15) is 10.0 Å². The molecule has 0 atom stereocenters. The van der Waals surface area contributed by atoms with Crippen LogP contribution in [0.1, 0.15) is 5.56 Å². The van der Waals surface area contributed by atoms with E-state index in [-0.39, 0.29) is 10.0 Å². The molecular formula is C6H5BrClNO2S. The Kier molecular flexibility index (Phi) is 3.09. The van der Waals surface area contributed by atoms with Crippen LogP contribution in [-0.2, 0) is 10.7 Å². The van der Waals surface area contributed by atoms with Gasteiger partial charge in [-0.15, -0.1) is 0 Å². The van der Waals surface area contributed by atoms with Gasteiger partial charge >= 0.3 is 0 Å². The average molecular weight is 271 g/mol. The molecule has 0 spiro atoms. The number of thiol groups is 1. The lowest BCUT2D eigenvalue weighted by Gasteiger charge is -2.01. The zero-order chi connectivity index (χ0) is 9.30. The van der Waals surface area contributed by atoms with Crippen LogP contribution >= 0.6 is 27.5 Å². The maximum atomic E-state index is 10.7. The highest BCUT2D eigenvalue weighted by atomic mass is 79.9. The molecule has 12 heavy (non-hydrogen) atoms. The van der Waals surface area contributed by atoms with E-state index in [1.165, 1.54) is 6.20 Å². The summed E-state index contributed by atoms with van der Waals surface area (Å²) in [5.74, 6) is 0. The van der Waals surface area contributed by atoms with Crippen molar-refractivity contribution >= 4 is 38.2 Å². The molecule has 1 aromatic rings. The molecule has 0 aromatic carbocycles. The van der Waals surface area contributed by atoms with Crippen molar-refractivity contribution in [3.63, 3.8) is 0 Å². The summed E-state index contributed by atoms with van der Waals surface area (Å²) < 4.78 is 22.0. The SMILES string of the molecule is Cc1c(Br)cnc(Cl)c1[SH](=O)=O. The van der Waals surface area contributed by atoms with E-state index in [1.54, 1.807) is 6.92 Å². The Morgan fingerprint density at radius 3 is 2.58 bits per heavy atom. The standard InChI is InChI=1S/C6H5BrClNO2S/c1-3-4(7)2-9-6(8)5(3)12(10)11/h2,12H,1H3. The topological polar surface area (TPSA) is 47.0 Å². The number of halogens is 2. The summed E-state index contributed by atoms with van der Waals surface area (Å²) in [5, 5.41) is 0.0202. The monoisotopic (exact) mass is 269 g/mol. The normalized spacial score (nSPS) is 10.7. The van der Waals surface area contributed by atoms with Crippen molar-refractivity contribution in [3.8, 4) is 0 Å². The molecule has 0 radical (unpaired) electrons. The van der Waals surface area contributed by atoms with Crippen molar-refractivity contribution in [1.82, 2.24) is 4.98 Å². The minimum Gasteiger partial charge on any atom is -0.242 e. The first-order valence-corrected chi connectivity index (χ1v) is 5.34. The van der Waals surface area contributed by atoms with Gasteiger partial charge in [0.15, 0.2) is 10.7 Å². The summed E-state index contributed by atoms with van der Waals surface area (Å²) in [6.07, 6.45) is 1.47. The Balaban J connectivity index is 3.54. The number of nitrogens with zero attached hydrogens (tertiary/aromatic N) is 1. The van der Waals surface area contributed by atoms with Crippen molar-refractivity contribution in [2.75, 3.05) is 0 Å². The zero-order valence-corrected chi connectivity index (χ0v) is 9.28. The summed E-state index contributed by atoms with van der Waals surface area (Å²) >= 11 is 8.74. The molecular weight excluding hydrogens is 265 g/mol. The van der Waals surface area contributed by atoms with Crippen LogP contribution in [0, 0.1) is 6.92 Å². The van der Waals surface area contributed by atoms with Gasteiger partial charge in [0, 0.05) is 10.7 Å². The summed E-state index contributed by atoms with van der Waals surface area (Å²) in [7, 11) is -2.68. The number of hydrogen-bond acceptors (Lipinski definition) is 3. The van der Waals surface area contributed by atoms with Crippen LogP contribution in [0.4, 0.5) is 0 Å². The summed E-state index contributed by atoms with van der Waals surface area (Å²) in [4.78, 5) is 3.78. The van der Waals surface area contributed by atoms with Crippen LogP contribution in [0.5, 0.6) is 0 Å². The van der Waals surface area contributed by atoms with Gasteiger partial charge in [-0.2, -0.15) is 0 Å². The molecule has 1 aromatic heterocycles. The molecule has 1 rings (SSSR count). The van der Waals surface area contributed by atoms with Crippen LogP contribution in [0.15, 0.2) is 15.6 Å². The van der Waals surface area contributed by atoms with E-state index in [9.17, 15) is 8.42 Å². The van der Waals surface area contributed by atoms with Crippen molar-refractivity contribution in [2.24, 2.45) is 0 Å². The van der Waals surface area contributed by atoms with Gasteiger partial charge in [0.05, 0.1) is 0 Å². The van der Waals surface area contributed by atoms with Crippen LogP contribution in [-0.4, -0.2) is 13.4 Å². The van der Waals surface area contributed by atoms with Crippen molar-refractivity contribution < 1.29 is 8.42 Å². The predicted octanol–water partition coefficient (Wildman–Crippen LogP) is 1.78. The lowest BCUT2D eigenvalue weighted by Crippen LogP contribution is -1.91. The second kappa shape index (κ2) is 3.72. The number of pyridine rings is 1. The van der Waals surface area contributed by atoms with E-state index in [4.69, 9.17) is 11.6 Å². The molecule has 0 amide bonds. The van der Waals surface area contributed by atoms with E-state index >= 15 is 0 Å².